The van der Waals surface area contributed by atoms with Crippen LogP contribution in [0.3, 0.4) is 0 Å². The molecule has 0 aliphatic carbocycles. The van der Waals surface area contributed by atoms with Gasteiger partial charge in [-0.3, -0.25) is 0 Å². The topological polar surface area (TPSA) is 25.8 Å². The Morgan fingerprint density at radius 3 is 2.35 bits per heavy atom. The van der Waals surface area contributed by atoms with Crippen molar-refractivity contribution in [2.24, 2.45) is 0 Å². The molecule has 4 heteroatoms. The molecule has 1 heterocycles. The summed E-state index contributed by atoms with van der Waals surface area (Å²) in [6, 6.07) is 7.85. The minimum Gasteiger partial charge on any atom is -0.230 e. The van der Waals surface area contributed by atoms with Crippen molar-refractivity contribution >= 4 is 11.6 Å². The molecule has 0 radical (unpaired) electrons. The third-order valence-electron chi connectivity index (χ3n) is 2.60. The Balaban J connectivity index is 2.45. The molecule has 2 rings (SSSR count). The van der Waals surface area contributed by atoms with Crippen molar-refractivity contribution in [2.75, 3.05) is 0 Å². The number of hydrogen-bond acceptors (Lipinski definition) is 2. The van der Waals surface area contributed by atoms with Gasteiger partial charge < -0.3 is 0 Å². The van der Waals surface area contributed by atoms with E-state index in [1.54, 1.807) is 6.92 Å². The Morgan fingerprint density at radius 2 is 1.82 bits per heavy atom. The van der Waals surface area contributed by atoms with Gasteiger partial charge in [0.25, 0.3) is 0 Å². The normalized spacial score (nSPS) is 10.6. The van der Waals surface area contributed by atoms with E-state index in [1.807, 2.05) is 24.3 Å². The first-order chi connectivity index (χ1) is 8.11. The van der Waals surface area contributed by atoms with Gasteiger partial charge in [-0.05, 0) is 18.9 Å². The van der Waals surface area contributed by atoms with Gasteiger partial charge in [-0.15, -0.1) is 0 Å². The van der Waals surface area contributed by atoms with E-state index in [2.05, 4.69) is 16.9 Å². The summed E-state index contributed by atoms with van der Waals surface area (Å²) >= 11 is 5.70. The number of rotatable bonds is 2. The first kappa shape index (κ1) is 12.0. The third kappa shape index (κ3) is 2.44. The van der Waals surface area contributed by atoms with Crippen molar-refractivity contribution in [1.82, 2.24) is 9.97 Å². The zero-order valence-electron chi connectivity index (χ0n) is 9.67. The van der Waals surface area contributed by atoms with Crippen LogP contribution in [0.1, 0.15) is 18.2 Å². The molecule has 2 aromatic rings. The maximum atomic E-state index is 13.3. The molecule has 0 aliphatic rings. The molecule has 0 bridgehead atoms. The van der Waals surface area contributed by atoms with E-state index in [4.69, 9.17) is 11.6 Å². The molecule has 1 aromatic carbocycles. The SMILES string of the molecule is CCc1ccc(-c2nc(C)c(F)c(Cl)n2)cc1. The molecule has 17 heavy (non-hydrogen) atoms. The molecule has 0 N–H and O–H groups in total. The van der Waals surface area contributed by atoms with Crippen LogP contribution in [-0.4, -0.2) is 9.97 Å². The maximum absolute atomic E-state index is 13.3. The van der Waals surface area contributed by atoms with Gasteiger partial charge in [-0.25, -0.2) is 14.4 Å². The second-order valence-corrected chi connectivity index (χ2v) is 4.15. The lowest BCUT2D eigenvalue weighted by molar-refractivity contribution is 0.603. The van der Waals surface area contributed by atoms with E-state index in [0.717, 1.165) is 12.0 Å². The third-order valence-corrected chi connectivity index (χ3v) is 2.85. The van der Waals surface area contributed by atoms with Gasteiger partial charge in [0.2, 0.25) is 0 Å². The molecule has 0 spiro atoms. The number of aromatic nitrogens is 2. The van der Waals surface area contributed by atoms with Crippen LogP contribution in [0.25, 0.3) is 11.4 Å². The summed E-state index contributed by atoms with van der Waals surface area (Å²) in [4.78, 5) is 8.03. The molecule has 0 unspecified atom stereocenters. The lowest BCUT2D eigenvalue weighted by atomic mass is 10.1. The van der Waals surface area contributed by atoms with Crippen LogP contribution in [0.4, 0.5) is 4.39 Å². The predicted octanol–water partition coefficient (Wildman–Crippen LogP) is 3.81. The fourth-order valence-electron chi connectivity index (χ4n) is 1.54. The summed E-state index contributed by atoms with van der Waals surface area (Å²) < 4.78 is 13.3. The highest BCUT2D eigenvalue weighted by molar-refractivity contribution is 6.29. The van der Waals surface area contributed by atoms with Gasteiger partial charge in [0.05, 0.1) is 5.69 Å². The zero-order valence-corrected chi connectivity index (χ0v) is 10.4. The predicted molar refractivity (Wildman–Crippen MR) is 66.6 cm³/mol. The highest BCUT2D eigenvalue weighted by atomic mass is 35.5. The van der Waals surface area contributed by atoms with Gasteiger partial charge in [0.1, 0.15) is 0 Å². The second kappa shape index (κ2) is 4.80. The smallest absolute Gasteiger partial charge is 0.181 e. The molecule has 0 amide bonds. The minimum atomic E-state index is -0.555. The minimum absolute atomic E-state index is 0.132. The fourth-order valence-corrected chi connectivity index (χ4v) is 1.76. The Hall–Kier alpha value is -1.48. The lowest BCUT2D eigenvalue weighted by Crippen LogP contribution is -1.97. The summed E-state index contributed by atoms with van der Waals surface area (Å²) in [5, 5.41) is -0.132. The first-order valence-electron chi connectivity index (χ1n) is 5.40. The van der Waals surface area contributed by atoms with Crippen molar-refractivity contribution in [3.63, 3.8) is 0 Å². The van der Waals surface area contributed by atoms with Crippen LogP contribution >= 0.6 is 11.6 Å². The van der Waals surface area contributed by atoms with Crippen LogP contribution in [0.2, 0.25) is 5.15 Å². The Labute approximate surface area is 104 Å². The summed E-state index contributed by atoms with van der Waals surface area (Å²) in [5.41, 5.74) is 2.34. The lowest BCUT2D eigenvalue weighted by Gasteiger charge is -2.04. The van der Waals surface area contributed by atoms with E-state index in [9.17, 15) is 4.39 Å². The van der Waals surface area contributed by atoms with Crippen molar-refractivity contribution in [1.29, 1.82) is 0 Å². The van der Waals surface area contributed by atoms with Crippen molar-refractivity contribution in [3.05, 3.63) is 46.5 Å². The monoisotopic (exact) mass is 250 g/mol. The van der Waals surface area contributed by atoms with Crippen molar-refractivity contribution < 1.29 is 4.39 Å². The summed E-state index contributed by atoms with van der Waals surface area (Å²) in [5.74, 6) is -0.0999. The van der Waals surface area contributed by atoms with Crippen LogP contribution in [-0.2, 0) is 6.42 Å². The fraction of sp³-hybridized carbons (Fsp3) is 0.231. The molecule has 0 fully saturated rings. The Morgan fingerprint density at radius 1 is 1.18 bits per heavy atom. The first-order valence-corrected chi connectivity index (χ1v) is 5.78. The van der Waals surface area contributed by atoms with Crippen LogP contribution in [0.5, 0.6) is 0 Å². The molecule has 2 nitrogen and oxygen atoms in total. The summed E-state index contributed by atoms with van der Waals surface area (Å²) in [6.07, 6.45) is 0.977. The summed E-state index contributed by atoms with van der Waals surface area (Å²) in [7, 11) is 0. The van der Waals surface area contributed by atoms with E-state index in [0.29, 0.717) is 5.82 Å². The quantitative estimate of drug-likeness (QED) is 0.758. The average Bonchev–Trinajstić information content (AvgIpc) is 2.35. The van der Waals surface area contributed by atoms with Crippen molar-refractivity contribution in [2.45, 2.75) is 20.3 Å². The number of nitrogens with zero attached hydrogens (tertiary/aromatic N) is 2. The van der Waals surface area contributed by atoms with E-state index >= 15 is 0 Å². The van der Waals surface area contributed by atoms with Gasteiger partial charge in [-0.1, -0.05) is 42.8 Å². The molecule has 0 saturated carbocycles. The molecule has 0 saturated heterocycles. The molecule has 1 aromatic heterocycles. The van der Waals surface area contributed by atoms with E-state index in [1.165, 1.54) is 5.56 Å². The van der Waals surface area contributed by atoms with Gasteiger partial charge >= 0.3 is 0 Å². The largest absolute Gasteiger partial charge is 0.230 e. The van der Waals surface area contributed by atoms with Gasteiger partial charge in [0, 0.05) is 5.56 Å². The van der Waals surface area contributed by atoms with Crippen LogP contribution < -0.4 is 0 Å². The Bertz CT molecular complexity index is 515. The van der Waals surface area contributed by atoms with E-state index < -0.39 is 5.82 Å². The molecular weight excluding hydrogens is 239 g/mol. The average molecular weight is 251 g/mol. The van der Waals surface area contributed by atoms with Crippen molar-refractivity contribution in [3.8, 4) is 11.4 Å². The zero-order chi connectivity index (χ0) is 12.4. The van der Waals surface area contributed by atoms with Gasteiger partial charge in [0.15, 0.2) is 16.8 Å². The number of benzene rings is 1. The Kier molecular flexibility index (Phi) is 3.38. The second-order valence-electron chi connectivity index (χ2n) is 3.79. The standard InChI is InChI=1S/C13H12ClFN2/c1-3-9-4-6-10(7-5-9)13-16-8(2)11(15)12(14)17-13/h4-7H,3H2,1-2H3. The highest BCUT2D eigenvalue weighted by Crippen LogP contribution is 2.21. The number of hydrogen-bond donors (Lipinski definition) is 0. The maximum Gasteiger partial charge on any atom is 0.181 e. The number of aryl methyl sites for hydroxylation is 2. The molecular formula is C13H12ClFN2. The molecule has 0 atom stereocenters. The number of halogens is 2. The van der Waals surface area contributed by atoms with Crippen LogP contribution in [0.15, 0.2) is 24.3 Å². The molecule has 88 valence electrons. The molecule has 0 aliphatic heterocycles. The van der Waals surface area contributed by atoms with E-state index in [-0.39, 0.29) is 10.8 Å². The van der Waals surface area contributed by atoms with Gasteiger partial charge in [-0.2, -0.15) is 0 Å². The summed E-state index contributed by atoms with van der Waals surface area (Å²) in [6.45, 7) is 3.66. The van der Waals surface area contributed by atoms with Crippen LogP contribution in [0, 0.1) is 12.7 Å². The highest BCUT2D eigenvalue weighted by Gasteiger charge is 2.10.